The average molecular weight is 331 g/mol. The van der Waals surface area contributed by atoms with E-state index in [1.165, 1.54) is 12.1 Å². The second-order valence-corrected chi connectivity index (χ2v) is 4.86. The third-order valence-electron chi connectivity index (χ3n) is 2.91. The molecule has 0 aliphatic heterocycles. The predicted molar refractivity (Wildman–Crippen MR) is 85.5 cm³/mol. The first kappa shape index (κ1) is 17.2. The van der Waals surface area contributed by atoms with Crippen LogP contribution in [0.4, 0.5) is 11.5 Å². The lowest BCUT2D eigenvalue weighted by atomic mass is 10.1. The minimum atomic E-state index is -0.565. The lowest BCUT2D eigenvalue weighted by Gasteiger charge is -2.10. The predicted octanol–water partition coefficient (Wildman–Crippen LogP) is 2.13. The summed E-state index contributed by atoms with van der Waals surface area (Å²) in [7, 11) is 0. The largest absolute Gasteiger partial charge is 0.462 e. The molecule has 8 nitrogen and oxygen atoms in total. The number of benzene rings is 1. The van der Waals surface area contributed by atoms with E-state index in [1.54, 1.807) is 32.0 Å². The van der Waals surface area contributed by atoms with Crippen molar-refractivity contribution in [3.8, 4) is 0 Å². The van der Waals surface area contributed by atoms with E-state index < -0.39 is 24.2 Å². The number of amides is 2. The van der Waals surface area contributed by atoms with Crippen molar-refractivity contribution in [2.24, 2.45) is 0 Å². The fraction of sp³-hybridized carbons (Fsp3) is 0.250. The van der Waals surface area contributed by atoms with Crippen LogP contribution in [0.5, 0.6) is 0 Å². The summed E-state index contributed by atoms with van der Waals surface area (Å²) in [5.74, 6) is -0.884. The molecule has 8 heteroatoms. The molecule has 2 aromatic rings. The molecule has 1 heterocycles. The van der Waals surface area contributed by atoms with Gasteiger partial charge in [-0.25, -0.2) is 4.79 Å². The topological polar surface area (TPSA) is 111 Å². The van der Waals surface area contributed by atoms with Crippen LogP contribution in [0.2, 0.25) is 0 Å². The summed E-state index contributed by atoms with van der Waals surface area (Å²) in [6.07, 6.45) is -0.428. The van der Waals surface area contributed by atoms with Gasteiger partial charge in [0.1, 0.15) is 12.2 Å². The molecule has 0 aliphatic carbocycles. The number of anilines is 2. The van der Waals surface area contributed by atoms with E-state index in [-0.39, 0.29) is 23.7 Å². The Morgan fingerprint density at radius 3 is 2.54 bits per heavy atom. The number of hydrogen-bond donors (Lipinski definition) is 2. The monoisotopic (exact) mass is 331 g/mol. The highest BCUT2D eigenvalue weighted by Crippen LogP contribution is 2.16. The van der Waals surface area contributed by atoms with Gasteiger partial charge in [0.15, 0.2) is 5.82 Å². The number of aromatic nitrogens is 1. The van der Waals surface area contributed by atoms with E-state index in [2.05, 4.69) is 15.8 Å². The van der Waals surface area contributed by atoms with E-state index in [0.717, 1.165) is 0 Å². The first-order chi connectivity index (χ1) is 11.5. The minimum Gasteiger partial charge on any atom is -0.462 e. The van der Waals surface area contributed by atoms with Crippen LogP contribution in [0.15, 0.2) is 34.9 Å². The van der Waals surface area contributed by atoms with Crippen molar-refractivity contribution in [2.45, 2.75) is 20.3 Å². The maximum absolute atomic E-state index is 12.0. The first-order valence-electron chi connectivity index (χ1n) is 7.28. The van der Waals surface area contributed by atoms with E-state index in [4.69, 9.17) is 9.26 Å². The molecule has 0 bridgehead atoms. The van der Waals surface area contributed by atoms with Gasteiger partial charge in [-0.1, -0.05) is 17.3 Å². The zero-order chi connectivity index (χ0) is 17.5. The molecule has 24 heavy (non-hydrogen) atoms. The van der Waals surface area contributed by atoms with Gasteiger partial charge in [0, 0.05) is 6.07 Å². The second kappa shape index (κ2) is 7.91. The number of esters is 1. The van der Waals surface area contributed by atoms with Crippen LogP contribution in [0.1, 0.15) is 29.5 Å². The summed E-state index contributed by atoms with van der Waals surface area (Å²) in [5.41, 5.74) is 0.506. The highest BCUT2D eigenvalue weighted by Gasteiger charge is 2.16. The van der Waals surface area contributed by atoms with Crippen LogP contribution >= 0.6 is 0 Å². The molecule has 0 radical (unpaired) electrons. The van der Waals surface area contributed by atoms with Gasteiger partial charge in [-0.15, -0.1) is 0 Å². The van der Waals surface area contributed by atoms with Crippen molar-refractivity contribution in [3.63, 3.8) is 0 Å². The molecular weight excluding hydrogens is 314 g/mol. The summed E-state index contributed by atoms with van der Waals surface area (Å²) < 4.78 is 9.74. The Kier molecular flexibility index (Phi) is 5.67. The van der Waals surface area contributed by atoms with Crippen LogP contribution in [-0.2, 0) is 14.3 Å². The number of para-hydroxylation sites is 1. The third-order valence-corrected chi connectivity index (χ3v) is 2.91. The molecule has 0 aliphatic rings. The molecule has 0 atom stereocenters. The van der Waals surface area contributed by atoms with Gasteiger partial charge in [0.2, 0.25) is 11.8 Å². The Bertz CT molecular complexity index is 754. The average Bonchev–Trinajstić information content (AvgIpc) is 2.92. The fourth-order valence-electron chi connectivity index (χ4n) is 1.93. The number of hydrogen-bond acceptors (Lipinski definition) is 6. The van der Waals surface area contributed by atoms with Gasteiger partial charge in [-0.05, 0) is 26.0 Å². The molecular formula is C16H17N3O5. The highest BCUT2D eigenvalue weighted by atomic mass is 16.5. The first-order valence-corrected chi connectivity index (χ1v) is 7.28. The number of nitrogens with zero attached hydrogens (tertiary/aromatic N) is 1. The molecule has 2 amide bonds. The Hall–Kier alpha value is -3.16. The van der Waals surface area contributed by atoms with Gasteiger partial charge in [-0.2, -0.15) is 0 Å². The van der Waals surface area contributed by atoms with E-state index in [9.17, 15) is 14.4 Å². The van der Waals surface area contributed by atoms with E-state index >= 15 is 0 Å². The van der Waals surface area contributed by atoms with Gasteiger partial charge in [-0.3, -0.25) is 9.59 Å². The van der Waals surface area contributed by atoms with Crippen LogP contribution in [0.3, 0.4) is 0 Å². The Balaban J connectivity index is 1.97. The molecule has 0 unspecified atom stereocenters. The molecule has 1 aromatic heterocycles. The zero-order valence-corrected chi connectivity index (χ0v) is 13.3. The lowest BCUT2D eigenvalue weighted by Crippen LogP contribution is -2.22. The molecule has 2 N–H and O–H groups in total. The van der Waals surface area contributed by atoms with Gasteiger partial charge >= 0.3 is 5.97 Å². The smallest absolute Gasteiger partial charge is 0.340 e. The Morgan fingerprint density at radius 2 is 1.88 bits per heavy atom. The van der Waals surface area contributed by atoms with Crippen molar-refractivity contribution in [1.82, 2.24) is 5.16 Å². The van der Waals surface area contributed by atoms with Crippen LogP contribution in [0.25, 0.3) is 0 Å². The molecule has 0 spiro atoms. The third kappa shape index (κ3) is 4.67. The van der Waals surface area contributed by atoms with Gasteiger partial charge in [0.05, 0.1) is 17.9 Å². The molecule has 2 rings (SSSR count). The number of rotatable bonds is 6. The second-order valence-electron chi connectivity index (χ2n) is 4.86. The summed E-state index contributed by atoms with van der Waals surface area (Å²) in [4.78, 5) is 35.6. The fourth-order valence-corrected chi connectivity index (χ4v) is 1.93. The molecule has 0 saturated carbocycles. The number of ether oxygens (including phenoxy) is 1. The summed E-state index contributed by atoms with van der Waals surface area (Å²) in [6.45, 7) is 3.59. The standard InChI is InChI=1S/C16H17N3O5/c1-3-23-16(22)11-6-4-5-7-12(11)17-14(20)9-15(21)18-13-8-10(2)24-19-13/h4-8H,3,9H2,1-2H3,(H,17,20)(H,18,19,21). The lowest BCUT2D eigenvalue weighted by molar-refractivity contribution is -0.123. The summed E-state index contributed by atoms with van der Waals surface area (Å²) in [6, 6.07) is 7.94. The maximum Gasteiger partial charge on any atom is 0.340 e. The van der Waals surface area contributed by atoms with Crippen LogP contribution in [-0.4, -0.2) is 29.5 Å². The van der Waals surface area contributed by atoms with Crippen molar-refractivity contribution in [1.29, 1.82) is 0 Å². The van der Waals surface area contributed by atoms with Gasteiger partial charge in [0.25, 0.3) is 0 Å². The van der Waals surface area contributed by atoms with E-state index in [1.807, 2.05) is 0 Å². The maximum atomic E-state index is 12.0. The highest BCUT2D eigenvalue weighted by molar-refractivity contribution is 6.09. The Labute approximate surface area is 138 Å². The van der Waals surface area contributed by atoms with Crippen molar-refractivity contribution < 1.29 is 23.6 Å². The SMILES string of the molecule is CCOC(=O)c1ccccc1NC(=O)CC(=O)Nc1cc(C)on1. The van der Waals surface area contributed by atoms with Crippen molar-refractivity contribution in [2.75, 3.05) is 17.2 Å². The van der Waals surface area contributed by atoms with Crippen molar-refractivity contribution >= 4 is 29.3 Å². The molecule has 0 fully saturated rings. The van der Waals surface area contributed by atoms with Gasteiger partial charge < -0.3 is 19.9 Å². The normalized spacial score (nSPS) is 10.1. The summed E-state index contributed by atoms with van der Waals surface area (Å²) >= 11 is 0. The molecule has 126 valence electrons. The van der Waals surface area contributed by atoms with E-state index in [0.29, 0.717) is 5.76 Å². The number of carbonyl (C=O) groups is 3. The molecule has 1 aromatic carbocycles. The molecule has 0 saturated heterocycles. The number of aryl methyl sites for hydroxylation is 1. The Morgan fingerprint density at radius 1 is 1.17 bits per heavy atom. The summed E-state index contributed by atoms with van der Waals surface area (Å²) in [5, 5.41) is 8.57. The van der Waals surface area contributed by atoms with Crippen LogP contribution in [0, 0.1) is 6.92 Å². The number of carbonyl (C=O) groups excluding carboxylic acids is 3. The van der Waals surface area contributed by atoms with Crippen LogP contribution < -0.4 is 10.6 Å². The van der Waals surface area contributed by atoms with Crippen molar-refractivity contribution in [3.05, 3.63) is 41.7 Å². The minimum absolute atomic E-state index is 0.222. The number of nitrogens with one attached hydrogen (secondary N) is 2. The zero-order valence-electron chi connectivity index (χ0n) is 13.3. The quantitative estimate of drug-likeness (QED) is 0.619.